The molecule has 0 saturated heterocycles. The third kappa shape index (κ3) is 5.36. The zero-order valence-corrected chi connectivity index (χ0v) is 19.2. The fourth-order valence-electron chi connectivity index (χ4n) is 3.22. The van der Waals surface area contributed by atoms with Gasteiger partial charge in [0.2, 0.25) is 5.91 Å². The van der Waals surface area contributed by atoms with E-state index >= 15 is 0 Å². The summed E-state index contributed by atoms with van der Waals surface area (Å²) in [5, 5.41) is 13.2. The van der Waals surface area contributed by atoms with E-state index in [1.54, 1.807) is 53.1 Å². The number of aromatic amines is 1. The standard InChI is InChI=1S/C24H20ClN5O2S/c1-15-6-8-16(9-7-15)22-28-29-24(33)30(22)14-21(31)26-19-4-2-3-5-20(19)27-23(32)17-10-12-18(25)13-11-17/h2-13H,14H2,1H3,(H,26,31)(H,27,32)(H,29,33). The van der Waals surface area contributed by atoms with Gasteiger partial charge in [-0.25, -0.2) is 0 Å². The van der Waals surface area contributed by atoms with Crippen LogP contribution in [0.4, 0.5) is 11.4 Å². The number of hydrogen-bond acceptors (Lipinski definition) is 4. The zero-order valence-electron chi connectivity index (χ0n) is 17.6. The highest BCUT2D eigenvalue weighted by Crippen LogP contribution is 2.23. The van der Waals surface area contributed by atoms with E-state index in [9.17, 15) is 9.59 Å². The largest absolute Gasteiger partial charge is 0.323 e. The summed E-state index contributed by atoms with van der Waals surface area (Å²) in [5.41, 5.74) is 3.36. The molecule has 0 radical (unpaired) electrons. The van der Waals surface area contributed by atoms with Crippen LogP contribution in [0.25, 0.3) is 11.4 Å². The van der Waals surface area contributed by atoms with Crippen molar-refractivity contribution >= 4 is 47.0 Å². The normalized spacial score (nSPS) is 10.6. The van der Waals surface area contributed by atoms with Crippen molar-refractivity contribution in [2.24, 2.45) is 0 Å². The molecule has 0 fully saturated rings. The SMILES string of the molecule is Cc1ccc(-c2n[nH]c(=S)n2CC(=O)Nc2ccccc2NC(=O)c2ccc(Cl)cc2)cc1. The van der Waals surface area contributed by atoms with E-state index in [1.165, 1.54) is 0 Å². The number of carbonyl (C=O) groups excluding carboxylic acids is 2. The molecule has 1 aromatic heterocycles. The number of anilines is 2. The Balaban J connectivity index is 1.51. The molecule has 4 aromatic rings. The van der Waals surface area contributed by atoms with Crippen LogP contribution >= 0.6 is 23.8 Å². The predicted molar refractivity (Wildman–Crippen MR) is 132 cm³/mol. The smallest absolute Gasteiger partial charge is 0.255 e. The Morgan fingerprint density at radius 2 is 1.61 bits per heavy atom. The lowest BCUT2D eigenvalue weighted by atomic mass is 10.1. The van der Waals surface area contributed by atoms with Crippen molar-refractivity contribution in [3.63, 3.8) is 0 Å². The van der Waals surface area contributed by atoms with Crippen LogP contribution in [0.15, 0.2) is 72.8 Å². The molecule has 1 heterocycles. The third-order valence-corrected chi connectivity index (χ3v) is 5.49. The topological polar surface area (TPSA) is 91.8 Å². The second-order valence-electron chi connectivity index (χ2n) is 7.36. The first-order valence-electron chi connectivity index (χ1n) is 10.1. The highest BCUT2D eigenvalue weighted by atomic mass is 35.5. The van der Waals surface area contributed by atoms with Crippen LogP contribution in [0.1, 0.15) is 15.9 Å². The molecule has 7 nitrogen and oxygen atoms in total. The molecule has 0 spiro atoms. The van der Waals surface area contributed by atoms with Gasteiger partial charge in [-0.3, -0.25) is 19.3 Å². The van der Waals surface area contributed by atoms with Crippen molar-refractivity contribution in [3.8, 4) is 11.4 Å². The van der Waals surface area contributed by atoms with Gasteiger partial charge in [0.1, 0.15) is 6.54 Å². The minimum Gasteiger partial charge on any atom is -0.323 e. The van der Waals surface area contributed by atoms with E-state index in [0.717, 1.165) is 11.1 Å². The van der Waals surface area contributed by atoms with Crippen LogP contribution in [-0.4, -0.2) is 26.6 Å². The van der Waals surface area contributed by atoms with Gasteiger partial charge >= 0.3 is 0 Å². The van der Waals surface area contributed by atoms with Crippen LogP contribution in [0.3, 0.4) is 0 Å². The second-order valence-corrected chi connectivity index (χ2v) is 8.18. The van der Waals surface area contributed by atoms with Gasteiger partial charge in [-0.15, -0.1) is 0 Å². The molecular weight excluding hydrogens is 458 g/mol. The first-order chi connectivity index (χ1) is 15.9. The van der Waals surface area contributed by atoms with Gasteiger partial charge < -0.3 is 10.6 Å². The number of H-pyrrole nitrogens is 1. The quantitative estimate of drug-likeness (QED) is 0.321. The van der Waals surface area contributed by atoms with Crippen molar-refractivity contribution < 1.29 is 9.59 Å². The number of para-hydroxylation sites is 2. The Morgan fingerprint density at radius 1 is 0.970 bits per heavy atom. The Labute approximate surface area is 200 Å². The molecule has 0 bridgehead atoms. The molecular formula is C24H20ClN5O2S. The lowest BCUT2D eigenvalue weighted by Gasteiger charge is -2.13. The van der Waals surface area contributed by atoms with Crippen molar-refractivity contribution in [3.05, 3.63) is 93.7 Å². The van der Waals surface area contributed by atoms with E-state index in [-0.39, 0.29) is 18.4 Å². The van der Waals surface area contributed by atoms with E-state index in [4.69, 9.17) is 23.8 Å². The molecule has 0 aliphatic heterocycles. The average molecular weight is 478 g/mol. The van der Waals surface area contributed by atoms with E-state index in [0.29, 0.717) is 32.6 Å². The van der Waals surface area contributed by atoms with Gasteiger partial charge in [-0.2, -0.15) is 5.10 Å². The molecule has 9 heteroatoms. The van der Waals surface area contributed by atoms with Gasteiger partial charge in [-0.05, 0) is 55.5 Å². The molecule has 2 amide bonds. The molecule has 0 aliphatic rings. The van der Waals surface area contributed by atoms with Crippen molar-refractivity contribution in [1.82, 2.24) is 14.8 Å². The Hall–Kier alpha value is -3.75. The summed E-state index contributed by atoms with van der Waals surface area (Å²) in [6.45, 7) is 1.95. The number of aryl methyl sites for hydroxylation is 1. The number of carbonyl (C=O) groups is 2. The van der Waals surface area contributed by atoms with E-state index in [1.807, 2.05) is 31.2 Å². The molecule has 0 saturated carbocycles. The predicted octanol–water partition coefficient (Wildman–Crippen LogP) is 5.46. The summed E-state index contributed by atoms with van der Waals surface area (Å²) in [5.74, 6) is -0.0550. The lowest BCUT2D eigenvalue weighted by molar-refractivity contribution is -0.116. The number of rotatable bonds is 6. The summed E-state index contributed by atoms with van der Waals surface area (Å²) >= 11 is 11.2. The first kappa shape index (κ1) is 22.4. The number of amides is 2. The summed E-state index contributed by atoms with van der Waals surface area (Å²) in [4.78, 5) is 25.5. The Kier molecular flexibility index (Phi) is 6.67. The molecule has 3 aromatic carbocycles. The fourth-order valence-corrected chi connectivity index (χ4v) is 3.54. The number of hydrogen-bond donors (Lipinski definition) is 3. The number of nitrogens with one attached hydrogen (secondary N) is 3. The average Bonchev–Trinajstić information content (AvgIpc) is 3.16. The van der Waals surface area contributed by atoms with E-state index < -0.39 is 0 Å². The van der Waals surface area contributed by atoms with Crippen molar-refractivity contribution in [2.45, 2.75) is 13.5 Å². The minimum atomic E-state index is -0.313. The van der Waals surface area contributed by atoms with Gasteiger partial charge in [0, 0.05) is 16.1 Å². The minimum absolute atomic E-state index is 0.0436. The van der Waals surface area contributed by atoms with Crippen LogP contribution in [0.5, 0.6) is 0 Å². The molecule has 33 heavy (non-hydrogen) atoms. The second kappa shape index (κ2) is 9.81. The van der Waals surface area contributed by atoms with Gasteiger partial charge in [0.15, 0.2) is 10.6 Å². The van der Waals surface area contributed by atoms with E-state index in [2.05, 4.69) is 20.8 Å². The zero-order chi connectivity index (χ0) is 23.4. The summed E-state index contributed by atoms with van der Waals surface area (Å²) in [6.07, 6.45) is 0. The summed E-state index contributed by atoms with van der Waals surface area (Å²) < 4.78 is 1.97. The van der Waals surface area contributed by atoms with Crippen LogP contribution in [-0.2, 0) is 11.3 Å². The molecule has 0 atom stereocenters. The highest BCUT2D eigenvalue weighted by Gasteiger charge is 2.15. The summed E-state index contributed by atoms with van der Waals surface area (Å²) in [6, 6.07) is 21.3. The monoisotopic (exact) mass is 477 g/mol. The molecule has 4 rings (SSSR count). The maximum absolute atomic E-state index is 12.9. The van der Waals surface area contributed by atoms with Crippen LogP contribution in [0.2, 0.25) is 5.02 Å². The summed E-state index contributed by atoms with van der Waals surface area (Å²) in [7, 11) is 0. The maximum atomic E-state index is 12.9. The molecule has 3 N–H and O–H groups in total. The molecule has 166 valence electrons. The lowest BCUT2D eigenvalue weighted by Crippen LogP contribution is -2.21. The number of nitrogens with zero attached hydrogens (tertiary/aromatic N) is 2. The van der Waals surface area contributed by atoms with Crippen molar-refractivity contribution in [1.29, 1.82) is 0 Å². The molecule has 0 aliphatic carbocycles. The highest BCUT2D eigenvalue weighted by molar-refractivity contribution is 7.71. The fraction of sp³-hybridized carbons (Fsp3) is 0.0833. The number of halogens is 1. The van der Waals surface area contributed by atoms with Crippen molar-refractivity contribution in [2.75, 3.05) is 10.6 Å². The van der Waals surface area contributed by atoms with Gasteiger partial charge in [0.25, 0.3) is 5.91 Å². The van der Waals surface area contributed by atoms with Crippen LogP contribution in [0, 0.1) is 11.7 Å². The van der Waals surface area contributed by atoms with Gasteiger partial charge in [0.05, 0.1) is 11.4 Å². The first-order valence-corrected chi connectivity index (χ1v) is 10.9. The maximum Gasteiger partial charge on any atom is 0.255 e. The Bertz CT molecular complexity index is 1360. The third-order valence-electron chi connectivity index (χ3n) is 4.93. The van der Waals surface area contributed by atoms with Crippen LogP contribution < -0.4 is 10.6 Å². The number of aromatic nitrogens is 3. The molecule has 0 unspecified atom stereocenters. The Morgan fingerprint density at radius 3 is 2.27 bits per heavy atom. The van der Waals surface area contributed by atoms with Gasteiger partial charge in [-0.1, -0.05) is 53.6 Å². The number of benzene rings is 3.